The highest BCUT2D eigenvalue weighted by molar-refractivity contribution is 6.09. The van der Waals surface area contributed by atoms with Gasteiger partial charge in [-0.3, -0.25) is 4.79 Å². The number of benzene rings is 1. The van der Waals surface area contributed by atoms with Gasteiger partial charge in [-0.1, -0.05) is 0 Å². The van der Waals surface area contributed by atoms with Gasteiger partial charge in [0.25, 0.3) is 5.91 Å². The number of rotatable bonds is 8. The van der Waals surface area contributed by atoms with Crippen molar-refractivity contribution in [1.82, 2.24) is 25.3 Å². The van der Waals surface area contributed by atoms with Crippen LogP contribution < -0.4 is 14.8 Å². The minimum Gasteiger partial charge on any atom is -0.497 e. The fourth-order valence-electron chi connectivity index (χ4n) is 4.60. The lowest BCUT2D eigenvalue weighted by Crippen LogP contribution is -2.38. The summed E-state index contributed by atoms with van der Waals surface area (Å²) >= 11 is 0. The summed E-state index contributed by atoms with van der Waals surface area (Å²) in [6.07, 6.45) is 3.69. The fourth-order valence-corrected chi connectivity index (χ4v) is 4.60. The molecule has 208 valence electrons. The van der Waals surface area contributed by atoms with E-state index in [1.807, 2.05) is 25.1 Å². The average molecular weight is 538 g/mol. The molecule has 2 N–H and O–H groups in total. The van der Waals surface area contributed by atoms with Gasteiger partial charge in [0.05, 0.1) is 31.3 Å². The van der Waals surface area contributed by atoms with Crippen molar-refractivity contribution < 1.29 is 28.6 Å². The average Bonchev–Trinajstić information content (AvgIpc) is 3.50. The summed E-state index contributed by atoms with van der Waals surface area (Å²) in [5, 5.41) is 4.56. The molecule has 1 aliphatic carbocycles. The number of nitrogens with zero attached hydrogens (tertiary/aromatic N) is 3. The standard InChI is InChI=1S/C28H35N5O6/c1-16-22(26(34)32-18-10-11-33(13-18)39-27(35)38-28(2,3)4)24-25(31-16)23(29-15-30-24)20-12-19(36-5)8-9-21(20)37-14-17-6-7-17/h8-9,12,15,17-18,31H,6-7,10-11,13-14H2,1-5H3,(H,32,34)/t18-/m1/s1. The summed E-state index contributed by atoms with van der Waals surface area (Å²) in [7, 11) is 1.61. The summed E-state index contributed by atoms with van der Waals surface area (Å²) in [6, 6.07) is 5.43. The second-order valence-corrected chi connectivity index (χ2v) is 11.1. The SMILES string of the molecule is COc1ccc(OCC2CC2)c(-c2ncnc3c(C(=O)N[C@@H]4CCN(OC(=O)OC(C)(C)C)C4)c(C)[nH]c23)c1. The molecule has 2 aliphatic rings. The van der Waals surface area contributed by atoms with E-state index in [4.69, 9.17) is 19.0 Å². The largest absolute Gasteiger partial charge is 0.528 e. The molecule has 1 amide bonds. The summed E-state index contributed by atoms with van der Waals surface area (Å²) in [5.41, 5.74) is 3.03. The molecule has 5 rings (SSSR count). The first-order valence-electron chi connectivity index (χ1n) is 13.2. The Labute approximate surface area is 227 Å². The highest BCUT2D eigenvalue weighted by atomic mass is 16.8. The van der Waals surface area contributed by atoms with E-state index in [1.165, 1.54) is 24.2 Å². The Morgan fingerprint density at radius 2 is 1.97 bits per heavy atom. The molecule has 1 saturated carbocycles. The highest BCUT2D eigenvalue weighted by Gasteiger charge is 2.31. The first kappa shape index (κ1) is 26.7. The number of methoxy groups -OCH3 is 1. The molecule has 0 bridgehead atoms. The Morgan fingerprint density at radius 3 is 2.69 bits per heavy atom. The van der Waals surface area contributed by atoms with Gasteiger partial charge >= 0.3 is 6.16 Å². The first-order chi connectivity index (χ1) is 18.6. The second-order valence-electron chi connectivity index (χ2n) is 11.1. The smallest absolute Gasteiger partial charge is 0.497 e. The van der Waals surface area contributed by atoms with Crippen molar-refractivity contribution in [3.05, 3.63) is 35.8 Å². The van der Waals surface area contributed by atoms with Crippen LogP contribution in [-0.2, 0) is 9.57 Å². The van der Waals surface area contributed by atoms with E-state index < -0.39 is 11.8 Å². The van der Waals surface area contributed by atoms with E-state index in [0.717, 1.165) is 5.56 Å². The number of aromatic nitrogens is 3. The van der Waals surface area contributed by atoms with Gasteiger partial charge in [0.2, 0.25) is 0 Å². The molecule has 0 unspecified atom stereocenters. The molecular weight excluding hydrogens is 502 g/mol. The van der Waals surface area contributed by atoms with Crippen molar-refractivity contribution in [3.63, 3.8) is 0 Å². The predicted octanol–water partition coefficient (Wildman–Crippen LogP) is 4.40. The van der Waals surface area contributed by atoms with Crippen LogP contribution in [0.2, 0.25) is 0 Å². The Morgan fingerprint density at radius 1 is 1.18 bits per heavy atom. The minimum absolute atomic E-state index is 0.202. The molecule has 3 aromatic rings. The quantitative estimate of drug-likeness (QED) is 0.402. The number of carbonyl (C=O) groups is 2. The van der Waals surface area contributed by atoms with Crippen LogP contribution in [0.5, 0.6) is 11.5 Å². The van der Waals surface area contributed by atoms with Crippen LogP contribution in [0.15, 0.2) is 24.5 Å². The van der Waals surface area contributed by atoms with Crippen molar-refractivity contribution in [2.45, 2.75) is 58.6 Å². The van der Waals surface area contributed by atoms with E-state index in [0.29, 0.717) is 71.5 Å². The van der Waals surface area contributed by atoms with Crippen molar-refractivity contribution in [2.75, 3.05) is 26.8 Å². The van der Waals surface area contributed by atoms with E-state index >= 15 is 0 Å². The van der Waals surface area contributed by atoms with Crippen LogP contribution in [0.1, 0.15) is 56.1 Å². The maximum Gasteiger partial charge on any atom is 0.528 e. The van der Waals surface area contributed by atoms with Crippen molar-refractivity contribution in [3.8, 4) is 22.8 Å². The third-order valence-electron chi connectivity index (χ3n) is 6.69. The lowest BCUT2D eigenvalue weighted by atomic mass is 10.1. The van der Waals surface area contributed by atoms with Crippen LogP contribution in [0.4, 0.5) is 4.79 Å². The maximum absolute atomic E-state index is 13.4. The third kappa shape index (κ3) is 6.25. The number of hydroxylamine groups is 2. The topological polar surface area (TPSA) is 128 Å². The number of fused-ring (bicyclic) bond motifs is 1. The van der Waals surface area contributed by atoms with Gasteiger partial charge in [0.15, 0.2) is 0 Å². The second kappa shape index (κ2) is 10.7. The normalized spacial score (nSPS) is 17.7. The number of amides is 1. The van der Waals surface area contributed by atoms with Crippen LogP contribution in [0, 0.1) is 12.8 Å². The first-order valence-corrected chi connectivity index (χ1v) is 13.2. The summed E-state index contributed by atoms with van der Waals surface area (Å²) in [4.78, 5) is 43.1. The lowest BCUT2D eigenvalue weighted by molar-refractivity contribution is -0.130. The summed E-state index contributed by atoms with van der Waals surface area (Å²) in [5.74, 6) is 1.71. The van der Waals surface area contributed by atoms with Crippen molar-refractivity contribution >= 4 is 23.1 Å². The molecule has 11 nitrogen and oxygen atoms in total. The zero-order valence-electron chi connectivity index (χ0n) is 23.0. The van der Waals surface area contributed by atoms with Gasteiger partial charge in [0.1, 0.15) is 34.6 Å². The number of hydrogen-bond donors (Lipinski definition) is 2. The molecule has 39 heavy (non-hydrogen) atoms. The maximum atomic E-state index is 13.4. The van der Waals surface area contributed by atoms with Crippen molar-refractivity contribution in [1.29, 1.82) is 0 Å². The Balaban J connectivity index is 1.35. The predicted molar refractivity (Wildman–Crippen MR) is 144 cm³/mol. The van der Waals surface area contributed by atoms with E-state index in [9.17, 15) is 9.59 Å². The fraction of sp³-hybridized carbons (Fsp3) is 0.500. The van der Waals surface area contributed by atoms with Crippen molar-refractivity contribution in [2.24, 2.45) is 5.92 Å². The monoisotopic (exact) mass is 537 g/mol. The molecule has 1 aromatic carbocycles. The van der Waals surface area contributed by atoms with Crippen LogP contribution >= 0.6 is 0 Å². The van der Waals surface area contributed by atoms with Gasteiger partial charge in [0, 0.05) is 23.8 Å². The van der Waals surface area contributed by atoms with E-state index in [-0.39, 0.29) is 11.9 Å². The Hall–Kier alpha value is -3.86. The van der Waals surface area contributed by atoms with Gasteiger partial charge in [-0.2, -0.15) is 0 Å². The van der Waals surface area contributed by atoms with E-state index in [1.54, 1.807) is 27.9 Å². The van der Waals surface area contributed by atoms with Gasteiger partial charge < -0.3 is 29.3 Å². The van der Waals surface area contributed by atoms with Gasteiger partial charge in [-0.25, -0.2) is 14.8 Å². The Kier molecular flexibility index (Phi) is 7.35. The third-order valence-corrected chi connectivity index (χ3v) is 6.69. The molecule has 11 heteroatoms. The molecule has 3 heterocycles. The Bertz CT molecular complexity index is 1380. The molecule has 1 aliphatic heterocycles. The van der Waals surface area contributed by atoms with E-state index in [2.05, 4.69) is 20.3 Å². The van der Waals surface area contributed by atoms with Crippen LogP contribution in [0.3, 0.4) is 0 Å². The van der Waals surface area contributed by atoms with Crippen LogP contribution in [-0.4, -0.2) is 70.5 Å². The number of aromatic amines is 1. The summed E-state index contributed by atoms with van der Waals surface area (Å²) < 4.78 is 16.8. The number of nitrogens with one attached hydrogen (secondary N) is 2. The van der Waals surface area contributed by atoms with Crippen LogP contribution in [0.25, 0.3) is 22.3 Å². The lowest BCUT2D eigenvalue weighted by Gasteiger charge is -2.21. The molecular formula is C28H35N5O6. The highest BCUT2D eigenvalue weighted by Crippen LogP contribution is 2.38. The molecule has 2 aromatic heterocycles. The number of ether oxygens (including phenoxy) is 3. The zero-order chi connectivity index (χ0) is 27.7. The molecule has 2 fully saturated rings. The van der Waals surface area contributed by atoms with Gasteiger partial charge in [-0.05, 0) is 71.1 Å². The molecule has 0 spiro atoms. The number of aryl methyl sites for hydroxylation is 1. The number of carbonyl (C=O) groups excluding carboxylic acids is 2. The number of hydrogen-bond acceptors (Lipinski definition) is 9. The minimum atomic E-state index is -0.760. The zero-order valence-corrected chi connectivity index (χ0v) is 23.0. The van der Waals surface area contributed by atoms with Gasteiger partial charge in [-0.15, -0.1) is 5.06 Å². The number of H-pyrrole nitrogens is 1. The molecule has 0 radical (unpaired) electrons. The summed E-state index contributed by atoms with van der Waals surface area (Å²) in [6.45, 7) is 8.66. The molecule has 1 saturated heterocycles. The molecule has 1 atom stereocenters.